The Kier molecular flexibility index (Phi) is 4.07. The first-order valence-corrected chi connectivity index (χ1v) is 8.99. The fraction of sp³-hybridized carbons (Fsp3) is 0.500. The van der Waals surface area contributed by atoms with Gasteiger partial charge in [-0.25, -0.2) is 4.98 Å². The molecule has 3 aromatic rings. The molecular weight excluding hydrogens is 330 g/mol. The molecule has 2 aliphatic rings. The summed E-state index contributed by atoms with van der Waals surface area (Å²) >= 11 is 0. The lowest BCUT2D eigenvalue weighted by atomic mass is 10.1. The van der Waals surface area contributed by atoms with E-state index < -0.39 is 5.41 Å². The number of hydrogen-bond acceptors (Lipinski definition) is 5. The number of nitrogens with one attached hydrogen (secondary N) is 2. The second-order valence-corrected chi connectivity index (χ2v) is 6.98. The van der Waals surface area contributed by atoms with Crippen molar-refractivity contribution in [1.29, 1.82) is 5.26 Å². The highest BCUT2D eigenvalue weighted by molar-refractivity contribution is 5.87. The van der Waals surface area contributed by atoms with E-state index in [0.717, 1.165) is 35.5 Å². The molecule has 0 aromatic carbocycles. The van der Waals surface area contributed by atoms with Crippen LogP contribution in [0.15, 0.2) is 18.5 Å². The van der Waals surface area contributed by atoms with Crippen LogP contribution in [0, 0.1) is 16.7 Å². The van der Waals surface area contributed by atoms with Crippen molar-refractivity contribution >= 4 is 22.7 Å². The molecule has 2 saturated carbocycles. The van der Waals surface area contributed by atoms with Crippen molar-refractivity contribution in [3.63, 3.8) is 0 Å². The molecule has 1 amide bonds. The third-order valence-corrected chi connectivity index (χ3v) is 5.31. The highest BCUT2D eigenvalue weighted by Gasteiger charge is 2.50. The Morgan fingerprint density at radius 2 is 2.15 bits per heavy atom. The average molecular weight is 351 g/mol. The van der Waals surface area contributed by atoms with Crippen LogP contribution >= 0.6 is 0 Å². The van der Waals surface area contributed by atoms with Gasteiger partial charge >= 0.3 is 0 Å². The first kappa shape index (κ1) is 16.5. The van der Waals surface area contributed by atoms with Crippen LogP contribution in [0.3, 0.4) is 0 Å². The van der Waals surface area contributed by atoms with Gasteiger partial charge in [-0.05, 0) is 31.7 Å². The summed E-state index contributed by atoms with van der Waals surface area (Å²) in [6, 6.07) is 4.03. The molecule has 5 rings (SSSR count). The Balaban J connectivity index is 0.000000160. The molecule has 8 nitrogen and oxygen atoms in total. The minimum atomic E-state index is -0.644. The van der Waals surface area contributed by atoms with E-state index in [-0.39, 0.29) is 5.91 Å². The molecule has 2 N–H and O–H groups in total. The summed E-state index contributed by atoms with van der Waals surface area (Å²) < 4.78 is 2.15. The maximum Gasteiger partial charge on any atom is 0.240 e. The Bertz CT molecular complexity index is 986. The maximum absolute atomic E-state index is 10.8. The number of nitrogens with zero attached hydrogens (tertiary/aromatic N) is 5. The summed E-state index contributed by atoms with van der Waals surface area (Å²) in [5.41, 5.74) is 2.18. The van der Waals surface area contributed by atoms with Crippen molar-refractivity contribution in [2.24, 2.45) is 5.41 Å². The van der Waals surface area contributed by atoms with Crippen LogP contribution in [0.2, 0.25) is 0 Å². The molecule has 2 fully saturated rings. The monoisotopic (exact) mass is 351 g/mol. The lowest BCUT2D eigenvalue weighted by Gasteiger charge is -2.06. The Labute approximate surface area is 150 Å². The number of H-pyrrole nitrogens is 1. The van der Waals surface area contributed by atoms with Crippen molar-refractivity contribution in [3.05, 3.63) is 24.3 Å². The van der Waals surface area contributed by atoms with E-state index in [1.807, 2.05) is 18.3 Å². The Morgan fingerprint density at radius 3 is 2.77 bits per heavy atom. The van der Waals surface area contributed by atoms with Crippen molar-refractivity contribution in [3.8, 4) is 6.07 Å². The summed E-state index contributed by atoms with van der Waals surface area (Å²) in [6.07, 6.45) is 10.2. The highest BCUT2D eigenvalue weighted by atomic mass is 16.2. The summed E-state index contributed by atoms with van der Waals surface area (Å²) in [5, 5.41) is 19.5. The first-order chi connectivity index (χ1) is 12.7. The number of rotatable bonds is 2. The lowest BCUT2D eigenvalue weighted by molar-refractivity contribution is -0.123. The number of carbonyl (C=O) groups is 1. The summed E-state index contributed by atoms with van der Waals surface area (Å²) in [7, 11) is 1.56. The van der Waals surface area contributed by atoms with Crippen molar-refractivity contribution < 1.29 is 4.79 Å². The van der Waals surface area contributed by atoms with Gasteiger partial charge in [-0.2, -0.15) is 5.26 Å². The van der Waals surface area contributed by atoms with Crippen LogP contribution in [0.5, 0.6) is 0 Å². The zero-order valence-corrected chi connectivity index (χ0v) is 14.7. The van der Waals surface area contributed by atoms with Gasteiger partial charge in [-0.1, -0.05) is 12.8 Å². The van der Waals surface area contributed by atoms with Gasteiger partial charge in [0.05, 0.1) is 17.8 Å². The van der Waals surface area contributed by atoms with Crippen LogP contribution in [0.1, 0.15) is 50.3 Å². The van der Waals surface area contributed by atoms with E-state index in [0.29, 0.717) is 5.92 Å². The zero-order valence-electron chi connectivity index (χ0n) is 14.7. The SMILES string of the molecule is CNC(=O)C1(C#N)CC1.c1cc2c(ncc3nnc(C4CCCC4)n32)[nH]1. The number of amides is 1. The van der Waals surface area contributed by atoms with Gasteiger partial charge in [0, 0.05) is 19.2 Å². The van der Waals surface area contributed by atoms with E-state index in [1.54, 1.807) is 13.2 Å². The molecule has 134 valence electrons. The first-order valence-electron chi connectivity index (χ1n) is 8.99. The smallest absolute Gasteiger partial charge is 0.240 e. The lowest BCUT2D eigenvalue weighted by Crippen LogP contribution is -2.27. The summed E-state index contributed by atoms with van der Waals surface area (Å²) in [5.74, 6) is 1.53. The van der Waals surface area contributed by atoms with E-state index in [4.69, 9.17) is 5.26 Å². The number of aromatic nitrogens is 5. The van der Waals surface area contributed by atoms with E-state index in [9.17, 15) is 4.79 Å². The van der Waals surface area contributed by atoms with Gasteiger partial charge < -0.3 is 10.3 Å². The largest absolute Gasteiger partial charge is 0.358 e. The van der Waals surface area contributed by atoms with E-state index in [2.05, 4.69) is 29.9 Å². The minimum absolute atomic E-state index is 0.134. The molecule has 0 bridgehead atoms. The van der Waals surface area contributed by atoms with Crippen LogP contribution in [-0.4, -0.2) is 37.5 Å². The van der Waals surface area contributed by atoms with Gasteiger partial charge in [0.15, 0.2) is 11.3 Å². The third-order valence-electron chi connectivity index (χ3n) is 5.31. The highest BCUT2D eigenvalue weighted by Crippen LogP contribution is 2.44. The molecule has 0 spiro atoms. The second-order valence-electron chi connectivity index (χ2n) is 6.98. The van der Waals surface area contributed by atoms with Crippen LogP contribution in [-0.2, 0) is 4.79 Å². The Morgan fingerprint density at radius 1 is 1.38 bits per heavy atom. The van der Waals surface area contributed by atoms with Gasteiger partial charge in [0.25, 0.3) is 0 Å². The predicted molar refractivity (Wildman–Crippen MR) is 95.2 cm³/mol. The van der Waals surface area contributed by atoms with Crippen LogP contribution in [0.4, 0.5) is 0 Å². The number of hydrogen-bond donors (Lipinski definition) is 2. The summed E-state index contributed by atoms with van der Waals surface area (Å²) in [6.45, 7) is 0. The van der Waals surface area contributed by atoms with Gasteiger partial charge in [0.2, 0.25) is 5.91 Å². The topological polar surface area (TPSA) is 112 Å². The molecule has 26 heavy (non-hydrogen) atoms. The second kappa shape index (κ2) is 6.41. The van der Waals surface area contributed by atoms with Crippen LogP contribution < -0.4 is 5.32 Å². The van der Waals surface area contributed by atoms with Crippen LogP contribution in [0.25, 0.3) is 16.8 Å². The van der Waals surface area contributed by atoms with Gasteiger partial charge in [-0.3, -0.25) is 9.20 Å². The molecule has 0 unspecified atom stereocenters. The molecule has 0 saturated heterocycles. The molecule has 8 heteroatoms. The quantitative estimate of drug-likeness (QED) is 0.736. The number of aromatic amines is 1. The summed E-state index contributed by atoms with van der Waals surface area (Å²) in [4.78, 5) is 18.3. The molecule has 0 radical (unpaired) electrons. The number of nitriles is 1. The van der Waals surface area contributed by atoms with E-state index >= 15 is 0 Å². The normalized spacial score (nSPS) is 18.3. The number of carbonyl (C=O) groups excluding carboxylic acids is 1. The van der Waals surface area contributed by atoms with Crippen molar-refractivity contribution in [1.82, 2.24) is 29.9 Å². The molecule has 3 aromatic heterocycles. The predicted octanol–water partition coefficient (Wildman–Crippen LogP) is 2.30. The minimum Gasteiger partial charge on any atom is -0.358 e. The van der Waals surface area contributed by atoms with Crippen molar-refractivity contribution in [2.75, 3.05) is 7.05 Å². The van der Waals surface area contributed by atoms with E-state index in [1.165, 1.54) is 25.7 Å². The molecule has 3 heterocycles. The fourth-order valence-corrected chi connectivity index (χ4v) is 3.60. The third kappa shape index (κ3) is 2.69. The molecule has 0 atom stereocenters. The Hall–Kier alpha value is -2.95. The molecule has 2 aliphatic carbocycles. The standard InChI is InChI=1S/C12H13N5.C6H8N2O/c1-2-4-8(3-1)12-16-15-10-7-14-11-9(17(10)12)5-6-13-11;1-8-5(9)6(4-7)2-3-6/h5-8,13H,1-4H2;2-3H2,1H3,(H,8,9). The van der Waals surface area contributed by atoms with Gasteiger partial charge in [-0.15, -0.1) is 10.2 Å². The zero-order chi connectivity index (χ0) is 18.1. The molecule has 0 aliphatic heterocycles. The number of fused-ring (bicyclic) bond motifs is 3. The van der Waals surface area contributed by atoms with Gasteiger partial charge in [0.1, 0.15) is 11.2 Å². The maximum atomic E-state index is 10.8. The fourth-order valence-electron chi connectivity index (χ4n) is 3.60. The molecular formula is C18H21N7O. The van der Waals surface area contributed by atoms with Crippen molar-refractivity contribution in [2.45, 2.75) is 44.4 Å². The average Bonchev–Trinajstić information content (AvgIpc) is 3.07.